The molecule has 0 aromatic heterocycles. The molecular formula is C13H16N4O2. The molecule has 0 radical (unpaired) electrons. The molecule has 19 heavy (non-hydrogen) atoms. The molecule has 1 aromatic carbocycles. The molecule has 0 spiro atoms. The van der Waals surface area contributed by atoms with Crippen molar-refractivity contribution in [2.45, 2.75) is 12.7 Å². The molecule has 1 fully saturated rings. The Morgan fingerprint density at radius 1 is 1.21 bits per heavy atom. The van der Waals surface area contributed by atoms with E-state index in [1.54, 1.807) is 7.05 Å². The van der Waals surface area contributed by atoms with Gasteiger partial charge < -0.3 is 10.6 Å². The van der Waals surface area contributed by atoms with E-state index in [0.717, 1.165) is 10.5 Å². The van der Waals surface area contributed by atoms with Crippen molar-refractivity contribution in [1.82, 2.24) is 9.80 Å². The molecule has 6 nitrogen and oxygen atoms in total. The molecule has 2 N–H and O–H groups in total. The predicted molar refractivity (Wildman–Crippen MR) is 71.5 cm³/mol. The molecule has 0 aliphatic carbocycles. The summed E-state index contributed by atoms with van der Waals surface area (Å²) in [5.74, 6) is -0.438. The van der Waals surface area contributed by atoms with Crippen LogP contribution in [0.3, 0.4) is 0 Å². The van der Waals surface area contributed by atoms with E-state index in [1.807, 2.05) is 30.3 Å². The number of carbonyl (C=O) groups is 2. The van der Waals surface area contributed by atoms with Crippen LogP contribution < -0.4 is 5.73 Å². The van der Waals surface area contributed by atoms with Crippen molar-refractivity contribution in [2.24, 2.45) is 10.7 Å². The summed E-state index contributed by atoms with van der Waals surface area (Å²) in [6.07, 6.45) is -0.792. The third-order valence-electron chi connectivity index (χ3n) is 3.08. The van der Waals surface area contributed by atoms with Crippen molar-refractivity contribution in [2.75, 3.05) is 14.1 Å². The molecule has 1 aliphatic rings. The molecule has 0 bridgehead atoms. The lowest BCUT2D eigenvalue weighted by atomic mass is 10.2. The van der Waals surface area contributed by atoms with Crippen molar-refractivity contribution in [3.8, 4) is 0 Å². The van der Waals surface area contributed by atoms with Crippen LogP contribution >= 0.6 is 0 Å². The van der Waals surface area contributed by atoms with E-state index >= 15 is 0 Å². The minimum absolute atomic E-state index is 0.202. The molecule has 1 heterocycles. The molecule has 6 heteroatoms. The summed E-state index contributed by atoms with van der Waals surface area (Å²) in [6, 6.07) is 9.13. The van der Waals surface area contributed by atoms with Gasteiger partial charge in [0.1, 0.15) is 11.9 Å². The number of imide groups is 1. The number of aliphatic imine (C=N–C) groups is 1. The number of carbonyl (C=O) groups excluding carboxylic acids is 2. The average molecular weight is 260 g/mol. The molecule has 0 saturated carbocycles. The summed E-state index contributed by atoms with van der Waals surface area (Å²) in [5.41, 5.74) is 7.04. The summed E-state index contributed by atoms with van der Waals surface area (Å²) in [6.45, 7) is 0.367. The topological polar surface area (TPSA) is 79.0 Å². The normalized spacial score (nSPS) is 22.3. The monoisotopic (exact) mass is 260 g/mol. The average Bonchev–Trinajstić information content (AvgIpc) is 2.44. The van der Waals surface area contributed by atoms with Gasteiger partial charge in [0.05, 0.1) is 6.54 Å². The molecule has 1 aliphatic heterocycles. The zero-order valence-corrected chi connectivity index (χ0v) is 10.9. The Morgan fingerprint density at radius 3 is 2.47 bits per heavy atom. The fraction of sp³-hybridized carbons (Fsp3) is 0.308. The maximum Gasteiger partial charge on any atom is 0.328 e. The Kier molecular flexibility index (Phi) is 3.62. The number of urea groups is 1. The summed E-state index contributed by atoms with van der Waals surface area (Å²) in [7, 11) is 2.97. The fourth-order valence-electron chi connectivity index (χ4n) is 1.85. The first-order valence-electron chi connectivity index (χ1n) is 5.91. The quantitative estimate of drug-likeness (QED) is 0.837. The number of benzene rings is 1. The van der Waals surface area contributed by atoms with E-state index in [4.69, 9.17) is 5.73 Å². The van der Waals surface area contributed by atoms with Crippen LogP contribution in [0.1, 0.15) is 5.56 Å². The fourth-order valence-corrected chi connectivity index (χ4v) is 1.85. The summed E-state index contributed by atoms with van der Waals surface area (Å²) in [4.78, 5) is 30.2. The Labute approximate surface area is 111 Å². The van der Waals surface area contributed by atoms with Gasteiger partial charge in [0.2, 0.25) is 0 Å². The molecule has 1 unspecified atom stereocenters. The van der Waals surface area contributed by atoms with E-state index in [9.17, 15) is 9.59 Å². The van der Waals surface area contributed by atoms with E-state index in [0.29, 0.717) is 6.54 Å². The van der Waals surface area contributed by atoms with Crippen LogP contribution in [0.25, 0.3) is 0 Å². The Balaban J connectivity index is 2.22. The van der Waals surface area contributed by atoms with Crippen LogP contribution in [0.5, 0.6) is 0 Å². The number of nitrogens with two attached hydrogens (primary N) is 1. The van der Waals surface area contributed by atoms with Gasteiger partial charge in [-0.3, -0.25) is 14.7 Å². The Bertz CT molecular complexity index is 527. The van der Waals surface area contributed by atoms with Gasteiger partial charge in [-0.15, -0.1) is 0 Å². The number of nitrogens with zero attached hydrogens (tertiary/aromatic N) is 3. The second kappa shape index (κ2) is 5.19. The second-order valence-corrected chi connectivity index (χ2v) is 4.39. The van der Waals surface area contributed by atoms with Crippen molar-refractivity contribution in [3.05, 3.63) is 35.9 Å². The van der Waals surface area contributed by atoms with Gasteiger partial charge >= 0.3 is 6.03 Å². The van der Waals surface area contributed by atoms with Gasteiger partial charge in [-0.05, 0) is 5.56 Å². The minimum atomic E-state index is -0.792. The van der Waals surface area contributed by atoms with Crippen molar-refractivity contribution >= 4 is 17.6 Å². The van der Waals surface area contributed by atoms with Gasteiger partial charge in [-0.2, -0.15) is 0 Å². The first kappa shape index (κ1) is 13.2. The maximum absolute atomic E-state index is 12.0. The van der Waals surface area contributed by atoms with Crippen molar-refractivity contribution < 1.29 is 9.59 Å². The zero-order valence-electron chi connectivity index (χ0n) is 10.9. The highest BCUT2D eigenvalue weighted by molar-refractivity contribution is 6.44. The first-order chi connectivity index (χ1) is 9.02. The molecule has 2 rings (SSSR count). The van der Waals surface area contributed by atoms with Gasteiger partial charge in [0.15, 0.2) is 0 Å². The molecule has 1 atom stereocenters. The summed E-state index contributed by atoms with van der Waals surface area (Å²) >= 11 is 0. The predicted octanol–water partition coefficient (Wildman–Crippen LogP) is 0.436. The van der Waals surface area contributed by atoms with Gasteiger partial charge in [0, 0.05) is 14.1 Å². The lowest BCUT2D eigenvalue weighted by Crippen LogP contribution is -2.63. The Hall–Kier alpha value is -2.21. The van der Waals surface area contributed by atoms with Crippen LogP contribution in [-0.4, -0.2) is 47.7 Å². The highest BCUT2D eigenvalue weighted by atomic mass is 16.2. The molecular weight excluding hydrogens is 244 g/mol. The van der Waals surface area contributed by atoms with Gasteiger partial charge in [-0.25, -0.2) is 4.79 Å². The Morgan fingerprint density at radius 2 is 1.84 bits per heavy atom. The highest BCUT2D eigenvalue weighted by Gasteiger charge is 2.37. The summed E-state index contributed by atoms with van der Waals surface area (Å²) < 4.78 is 0. The third kappa shape index (κ3) is 2.48. The van der Waals surface area contributed by atoms with Crippen LogP contribution in [0.2, 0.25) is 0 Å². The largest absolute Gasteiger partial charge is 0.328 e. The zero-order chi connectivity index (χ0) is 14.0. The molecule has 1 saturated heterocycles. The lowest BCUT2D eigenvalue weighted by Gasteiger charge is -2.34. The molecule has 3 amide bonds. The van der Waals surface area contributed by atoms with E-state index in [-0.39, 0.29) is 5.71 Å². The number of hydrogen-bond donors (Lipinski definition) is 1. The first-order valence-corrected chi connectivity index (χ1v) is 5.91. The van der Waals surface area contributed by atoms with Crippen LogP contribution in [0.4, 0.5) is 4.79 Å². The second-order valence-electron chi connectivity index (χ2n) is 4.39. The smallest absolute Gasteiger partial charge is 0.306 e. The highest BCUT2D eigenvalue weighted by Crippen LogP contribution is 2.10. The SMILES string of the molecule is CN1C(=O)/C(=N\Cc2ccccc2)C(N)N(C)C1=O. The number of hydrogen-bond acceptors (Lipinski definition) is 4. The van der Waals surface area contributed by atoms with Crippen LogP contribution in [-0.2, 0) is 11.3 Å². The van der Waals surface area contributed by atoms with Crippen LogP contribution in [0, 0.1) is 0 Å². The maximum atomic E-state index is 12.0. The van der Waals surface area contributed by atoms with E-state index in [1.165, 1.54) is 11.9 Å². The van der Waals surface area contributed by atoms with Gasteiger partial charge in [0.25, 0.3) is 5.91 Å². The van der Waals surface area contributed by atoms with E-state index < -0.39 is 18.1 Å². The van der Waals surface area contributed by atoms with E-state index in [2.05, 4.69) is 4.99 Å². The van der Waals surface area contributed by atoms with Crippen molar-refractivity contribution in [3.63, 3.8) is 0 Å². The minimum Gasteiger partial charge on any atom is -0.306 e. The van der Waals surface area contributed by atoms with Crippen molar-refractivity contribution in [1.29, 1.82) is 0 Å². The summed E-state index contributed by atoms with van der Waals surface area (Å²) in [5, 5.41) is 0. The number of rotatable bonds is 2. The number of amides is 3. The lowest BCUT2D eigenvalue weighted by molar-refractivity contribution is -0.122. The molecule has 100 valence electrons. The van der Waals surface area contributed by atoms with Crippen LogP contribution in [0.15, 0.2) is 35.3 Å². The standard InChI is InChI=1S/C13H16N4O2/c1-16-11(14)10(12(18)17(2)13(16)19)15-8-9-6-4-3-5-7-9/h3-7,11H,8,14H2,1-2H3/b15-10-. The molecule has 1 aromatic rings. The third-order valence-corrected chi connectivity index (χ3v) is 3.08. The van der Waals surface area contributed by atoms with Gasteiger partial charge in [-0.1, -0.05) is 30.3 Å².